The van der Waals surface area contributed by atoms with Gasteiger partial charge in [-0.25, -0.2) is 9.80 Å². The molecule has 0 saturated carbocycles. The summed E-state index contributed by atoms with van der Waals surface area (Å²) in [6.07, 6.45) is 4.15. The standard InChI is InChI=1S/C16H16ClN3O2S/c17-10-4-3-5-11(8-10)20(16(18)22)19-15(21)13-9-23-14-7-2-1-6-12(13)14/h3-5,8-9H,1-2,6-7H2,(H2,18,22)(H,19,21). The summed E-state index contributed by atoms with van der Waals surface area (Å²) >= 11 is 7.53. The molecule has 2 aromatic rings. The van der Waals surface area contributed by atoms with Gasteiger partial charge >= 0.3 is 6.03 Å². The average Bonchev–Trinajstić information content (AvgIpc) is 2.96. The predicted molar refractivity (Wildman–Crippen MR) is 91.9 cm³/mol. The van der Waals surface area contributed by atoms with Crippen LogP contribution in [0.15, 0.2) is 29.6 Å². The molecule has 0 saturated heterocycles. The normalized spacial score (nSPS) is 13.3. The number of aryl methyl sites for hydroxylation is 1. The van der Waals surface area contributed by atoms with Crippen LogP contribution in [0.25, 0.3) is 0 Å². The Balaban J connectivity index is 1.85. The highest BCUT2D eigenvalue weighted by Gasteiger charge is 2.23. The summed E-state index contributed by atoms with van der Waals surface area (Å²) in [5.41, 5.74) is 10.1. The van der Waals surface area contributed by atoms with Crippen LogP contribution in [0.2, 0.25) is 5.02 Å². The number of carbonyl (C=O) groups is 2. The molecule has 0 bridgehead atoms. The minimum atomic E-state index is -0.773. The maximum Gasteiger partial charge on any atom is 0.338 e. The number of rotatable bonds is 2. The molecule has 120 valence electrons. The van der Waals surface area contributed by atoms with E-state index in [1.165, 1.54) is 4.88 Å². The first kappa shape index (κ1) is 15.8. The quantitative estimate of drug-likeness (QED) is 0.814. The number of hydrazine groups is 1. The summed E-state index contributed by atoms with van der Waals surface area (Å²) in [4.78, 5) is 25.5. The number of fused-ring (bicyclic) bond motifs is 1. The Labute approximate surface area is 143 Å². The van der Waals surface area contributed by atoms with E-state index in [0.29, 0.717) is 16.3 Å². The maximum absolute atomic E-state index is 12.6. The highest BCUT2D eigenvalue weighted by Crippen LogP contribution is 2.30. The van der Waals surface area contributed by atoms with Crippen LogP contribution >= 0.6 is 22.9 Å². The number of thiophene rings is 1. The fourth-order valence-corrected chi connectivity index (χ4v) is 4.02. The van der Waals surface area contributed by atoms with Crippen LogP contribution in [0.3, 0.4) is 0 Å². The Morgan fingerprint density at radius 1 is 1.26 bits per heavy atom. The molecule has 3 N–H and O–H groups in total. The number of nitrogens with one attached hydrogen (secondary N) is 1. The lowest BCUT2D eigenvalue weighted by Crippen LogP contribution is -2.49. The fourth-order valence-electron chi connectivity index (χ4n) is 2.71. The molecular formula is C16H16ClN3O2S. The number of benzene rings is 1. The molecule has 0 radical (unpaired) electrons. The smallest absolute Gasteiger partial charge is 0.338 e. The van der Waals surface area contributed by atoms with Crippen molar-refractivity contribution >= 4 is 40.6 Å². The molecule has 3 amide bonds. The van der Waals surface area contributed by atoms with Crippen LogP contribution < -0.4 is 16.2 Å². The van der Waals surface area contributed by atoms with Gasteiger partial charge in [0.05, 0.1) is 11.3 Å². The van der Waals surface area contributed by atoms with Gasteiger partial charge in [0.1, 0.15) is 0 Å². The first-order chi connectivity index (χ1) is 11.1. The number of anilines is 1. The van der Waals surface area contributed by atoms with Gasteiger partial charge in [-0.05, 0) is 49.4 Å². The lowest BCUT2D eigenvalue weighted by atomic mass is 9.96. The second kappa shape index (κ2) is 6.60. The Morgan fingerprint density at radius 2 is 2.04 bits per heavy atom. The van der Waals surface area contributed by atoms with Crippen LogP contribution in [0.4, 0.5) is 10.5 Å². The zero-order valence-corrected chi connectivity index (χ0v) is 13.9. The van der Waals surface area contributed by atoms with Crippen molar-refractivity contribution < 1.29 is 9.59 Å². The van der Waals surface area contributed by atoms with Crippen molar-refractivity contribution in [2.75, 3.05) is 5.01 Å². The van der Waals surface area contributed by atoms with Crippen molar-refractivity contribution in [3.8, 4) is 0 Å². The summed E-state index contributed by atoms with van der Waals surface area (Å²) in [7, 11) is 0. The first-order valence-electron chi connectivity index (χ1n) is 7.31. The summed E-state index contributed by atoms with van der Waals surface area (Å²) in [6, 6.07) is 5.81. The van der Waals surface area contributed by atoms with E-state index in [1.54, 1.807) is 35.6 Å². The number of primary amides is 1. The van der Waals surface area contributed by atoms with E-state index in [9.17, 15) is 9.59 Å². The van der Waals surface area contributed by atoms with E-state index in [2.05, 4.69) is 5.43 Å². The number of nitrogens with zero attached hydrogens (tertiary/aromatic N) is 1. The van der Waals surface area contributed by atoms with E-state index in [0.717, 1.165) is 36.3 Å². The van der Waals surface area contributed by atoms with Crippen molar-refractivity contribution in [3.63, 3.8) is 0 Å². The van der Waals surface area contributed by atoms with Gasteiger partial charge in [0.25, 0.3) is 5.91 Å². The largest absolute Gasteiger partial charge is 0.350 e. The molecule has 23 heavy (non-hydrogen) atoms. The Bertz CT molecular complexity index is 760. The van der Waals surface area contributed by atoms with Gasteiger partial charge in [-0.1, -0.05) is 17.7 Å². The van der Waals surface area contributed by atoms with Crippen molar-refractivity contribution in [3.05, 3.63) is 50.7 Å². The molecule has 0 aliphatic heterocycles. The number of carbonyl (C=O) groups excluding carboxylic acids is 2. The molecule has 7 heteroatoms. The zero-order valence-electron chi connectivity index (χ0n) is 12.3. The van der Waals surface area contributed by atoms with Crippen molar-refractivity contribution in [2.45, 2.75) is 25.7 Å². The van der Waals surface area contributed by atoms with Crippen molar-refractivity contribution in [1.82, 2.24) is 5.43 Å². The molecule has 0 spiro atoms. The molecular weight excluding hydrogens is 334 g/mol. The molecule has 1 aliphatic rings. The molecule has 1 aromatic carbocycles. The van der Waals surface area contributed by atoms with Crippen LogP contribution in [0, 0.1) is 0 Å². The molecule has 5 nitrogen and oxygen atoms in total. The third-order valence-corrected chi connectivity index (χ3v) is 5.13. The molecule has 1 aliphatic carbocycles. The lowest BCUT2D eigenvalue weighted by molar-refractivity contribution is 0.0950. The average molecular weight is 350 g/mol. The number of hydrogen-bond donors (Lipinski definition) is 2. The highest BCUT2D eigenvalue weighted by molar-refractivity contribution is 7.10. The summed E-state index contributed by atoms with van der Waals surface area (Å²) in [6.45, 7) is 0. The Hall–Kier alpha value is -2.05. The number of hydrogen-bond acceptors (Lipinski definition) is 3. The van der Waals surface area contributed by atoms with Crippen molar-refractivity contribution in [2.24, 2.45) is 5.73 Å². The van der Waals surface area contributed by atoms with E-state index in [4.69, 9.17) is 17.3 Å². The first-order valence-corrected chi connectivity index (χ1v) is 8.57. The molecule has 0 fully saturated rings. The maximum atomic E-state index is 12.6. The minimum Gasteiger partial charge on any atom is -0.350 e. The van der Waals surface area contributed by atoms with Gasteiger partial charge in [0.15, 0.2) is 0 Å². The summed E-state index contributed by atoms with van der Waals surface area (Å²) in [5, 5.41) is 3.32. The Kier molecular flexibility index (Phi) is 4.54. The lowest BCUT2D eigenvalue weighted by Gasteiger charge is -2.22. The monoisotopic (exact) mass is 349 g/mol. The van der Waals surface area contributed by atoms with E-state index < -0.39 is 6.03 Å². The van der Waals surface area contributed by atoms with Gasteiger partial charge < -0.3 is 5.73 Å². The van der Waals surface area contributed by atoms with Gasteiger partial charge in [-0.2, -0.15) is 0 Å². The zero-order chi connectivity index (χ0) is 16.4. The van der Waals surface area contributed by atoms with Gasteiger partial charge in [-0.15, -0.1) is 11.3 Å². The SMILES string of the molecule is NC(=O)N(NC(=O)c1csc2c1CCCC2)c1cccc(Cl)c1. The number of urea groups is 1. The topological polar surface area (TPSA) is 75.4 Å². The molecule has 3 rings (SSSR count). The molecule has 1 aromatic heterocycles. The van der Waals surface area contributed by atoms with E-state index >= 15 is 0 Å². The second-order valence-electron chi connectivity index (χ2n) is 5.35. The Morgan fingerprint density at radius 3 is 2.78 bits per heavy atom. The fraction of sp³-hybridized carbons (Fsp3) is 0.250. The van der Waals surface area contributed by atoms with Crippen LogP contribution in [-0.2, 0) is 12.8 Å². The second-order valence-corrected chi connectivity index (χ2v) is 6.75. The van der Waals surface area contributed by atoms with E-state index in [1.807, 2.05) is 5.38 Å². The van der Waals surface area contributed by atoms with Crippen LogP contribution in [0.1, 0.15) is 33.6 Å². The van der Waals surface area contributed by atoms with Crippen LogP contribution in [0.5, 0.6) is 0 Å². The van der Waals surface area contributed by atoms with Crippen molar-refractivity contribution in [1.29, 1.82) is 0 Å². The van der Waals surface area contributed by atoms with Gasteiger partial charge in [0, 0.05) is 15.3 Å². The highest BCUT2D eigenvalue weighted by atomic mass is 35.5. The van der Waals surface area contributed by atoms with Gasteiger partial charge in [-0.3, -0.25) is 10.2 Å². The predicted octanol–water partition coefficient (Wildman–Crippen LogP) is 3.51. The number of halogens is 1. The van der Waals surface area contributed by atoms with Gasteiger partial charge in [0.2, 0.25) is 0 Å². The van der Waals surface area contributed by atoms with E-state index in [-0.39, 0.29) is 5.91 Å². The number of amides is 3. The third kappa shape index (κ3) is 3.33. The number of nitrogens with two attached hydrogens (primary N) is 1. The molecule has 0 unspecified atom stereocenters. The molecule has 1 heterocycles. The summed E-state index contributed by atoms with van der Waals surface area (Å²) < 4.78 is 0. The molecule has 0 atom stereocenters. The third-order valence-electron chi connectivity index (χ3n) is 3.81. The van der Waals surface area contributed by atoms with Crippen LogP contribution in [-0.4, -0.2) is 11.9 Å². The minimum absolute atomic E-state index is 0.330. The summed E-state index contributed by atoms with van der Waals surface area (Å²) in [5.74, 6) is -0.330.